The molecule has 0 unspecified atom stereocenters. The summed E-state index contributed by atoms with van der Waals surface area (Å²) in [4.78, 5) is 31.9. The fraction of sp³-hybridized carbons (Fsp3) is 0.368. The lowest BCUT2D eigenvalue weighted by atomic mass is 9.97. The summed E-state index contributed by atoms with van der Waals surface area (Å²) in [6, 6.07) is 6.62. The van der Waals surface area contributed by atoms with Gasteiger partial charge in [0.2, 0.25) is 16.0 Å². The monoisotopic (exact) mass is 433 g/mol. The maximum atomic E-state index is 12.8. The van der Waals surface area contributed by atoms with Crippen LogP contribution in [0.1, 0.15) is 18.5 Å². The predicted molar refractivity (Wildman–Crippen MR) is 113 cm³/mol. The number of carbonyl (C=O) groups excluding carboxylic acids is 1. The number of hydrogen-bond donors (Lipinski definition) is 1. The molecule has 1 amide bonds. The third kappa shape index (κ3) is 4.06. The number of nitrogens with one attached hydrogen (secondary N) is 1. The lowest BCUT2D eigenvalue weighted by Crippen LogP contribution is -2.40. The summed E-state index contributed by atoms with van der Waals surface area (Å²) in [5.41, 5.74) is 1.10. The van der Waals surface area contributed by atoms with Gasteiger partial charge in [0.25, 0.3) is 5.56 Å². The van der Waals surface area contributed by atoms with Crippen LogP contribution in [-0.4, -0.2) is 40.7 Å². The number of benzene rings is 1. The van der Waals surface area contributed by atoms with Gasteiger partial charge in [0, 0.05) is 30.5 Å². The topological polar surface area (TPSA) is 88.8 Å². The van der Waals surface area contributed by atoms with Crippen LogP contribution in [0.2, 0.25) is 5.02 Å². The van der Waals surface area contributed by atoms with Crippen molar-refractivity contribution in [2.45, 2.75) is 19.8 Å². The summed E-state index contributed by atoms with van der Waals surface area (Å²) in [5.74, 6) is 0.301. The molecule has 1 fully saturated rings. The molecule has 3 heterocycles. The quantitative estimate of drug-likeness (QED) is 0.680. The number of piperidine rings is 1. The number of methoxy groups -OCH3 is 1. The van der Waals surface area contributed by atoms with Crippen molar-refractivity contribution in [3.05, 3.63) is 45.3 Å². The average molecular weight is 434 g/mol. The minimum Gasteiger partial charge on any atom is -0.495 e. The van der Waals surface area contributed by atoms with Crippen LogP contribution in [0.3, 0.4) is 0 Å². The Labute approximate surface area is 176 Å². The summed E-state index contributed by atoms with van der Waals surface area (Å²) >= 11 is 7.50. The summed E-state index contributed by atoms with van der Waals surface area (Å²) in [6.07, 6.45) is 1.65. The Balaban J connectivity index is 1.49. The van der Waals surface area contributed by atoms with Gasteiger partial charge < -0.3 is 15.0 Å². The Morgan fingerprint density at radius 2 is 2.21 bits per heavy atom. The van der Waals surface area contributed by atoms with Crippen LogP contribution in [0.15, 0.2) is 29.1 Å². The highest BCUT2D eigenvalue weighted by atomic mass is 35.5. The summed E-state index contributed by atoms with van der Waals surface area (Å²) in [5, 5.41) is 8.48. The van der Waals surface area contributed by atoms with E-state index in [9.17, 15) is 9.59 Å². The Bertz CT molecular complexity index is 1130. The fourth-order valence-corrected chi connectivity index (χ4v) is 4.64. The van der Waals surface area contributed by atoms with E-state index in [1.165, 1.54) is 21.9 Å². The van der Waals surface area contributed by atoms with Crippen LogP contribution in [0.4, 0.5) is 10.8 Å². The second kappa shape index (κ2) is 8.00. The molecule has 1 saturated heterocycles. The van der Waals surface area contributed by atoms with Crippen molar-refractivity contribution in [1.29, 1.82) is 0 Å². The first kappa shape index (κ1) is 19.7. The largest absolute Gasteiger partial charge is 0.495 e. The Morgan fingerprint density at radius 1 is 1.38 bits per heavy atom. The van der Waals surface area contributed by atoms with Crippen molar-refractivity contribution in [3.8, 4) is 5.75 Å². The second-order valence-electron chi connectivity index (χ2n) is 6.94. The van der Waals surface area contributed by atoms with Gasteiger partial charge in [0.1, 0.15) is 5.75 Å². The van der Waals surface area contributed by atoms with E-state index >= 15 is 0 Å². The molecule has 1 aliphatic rings. The van der Waals surface area contributed by atoms with Crippen molar-refractivity contribution in [1.82, 2.24) is 14.6 Å². The first-order chi connectivity index (χ1) is 13.9. The van der Waals surface area contributed by atoms with Gasteiger partial charge in [0.05, 0.1) is 18.1 Å². The minimum atomic E-state index is -0.197. The first-order valence-corrected chi connectivity index (χ1v) is 10.4. The Kier molecular flexibility index (Phi) is 5.42. The first-order valence-electron chi connectivity index (χ1n) is 9.21. The zero-order valence-corrected chi connectivity index (χ0v) is 17.6. The maximum absolute atomic E-state index is 12.8. The molecule has 1 aliphatic heterocycles. The number of hydrogen-bond acceptors (Lipinski definition) is 7. The van der Waals surface area contributed by atoms with Gasteiger partial charge in [-0.3, -0.25) is 9.59 Å². The molecule has 0 saturated carbocycles. The second-order valence-corrected chi connectivity index (χ2v) is 8.28. The minimum absolute atomic E-state index is 0.0665. The normalized spacial score (nSPS) is 16.8. The predicted octanol–water partition coefficient (Wildman–Crippen LogP) is 2.98. The van der Waals surface area contributed by atoms with E-state index < -0.39 is 0 Å². The number of halogens is 1. The molecule has 1 atom stereocenters. The molecular formula is C19H20ClN5O3S. The summed E-state index contributed by atoms with van der Waals surface area (Å²) in [7, 11) is 1.54. The molecule has 10 heteroatoms. The van der Waals surface area contributed by atoms with Gasteiger partial charge in [-0.2, -0.15) is 4.52 Å². The zero-order valence-electron chi connectivity index (χ0n) is 16.0. The van der Waals surface area contributed by atoms with Crippen LogP contribution in [0, 0.1) is 12.8 Å². The molecule has 1 aromatic carbocycles. The molecule has 2 aromatic heterocycles. The van der Waals surface area contributed by atoms with Crippen LogP contribution in [0.5, 0.6) is 5.75 Å². The number of amides is 1. The van der Waals surface area contributed by atoms with E-state index in [2.05, 4.69) is 15.4 Å². The van der Waals surface area contributed by atoms with E-state index in [0.29, 0.717) is 38.8 Å². The molecule has 1 N–H and O–H groups in total. The number of carbonyl (C=O) groups is 1. The number of fused-ring (bicyclic) bond motifs is 1. The highest BCUT2D eigenvalue weighted by Gasteiger charge is 2.28. The molecule has 3 aromatic rings. The van der Waals surface area contributed by atoms with Crippen LogP contribution in [0.25, 0.3) is 4.96 Å². The molecule has 152 valence electrons. The van der Waals surface area contributed by atoms with E-state index in [4.69, 9.17) is 16.3 Å². The molecule has 4 rings (SSSR count). The molecule has 0 radical (unpaired) electrons. The van der Waals surface area contributed by atoms with Gasteiger partial charge in [0.15, 0.2) is 0 Å². The van der Waals surface area contributed by atoms with E-state index in [0.717, 1.165) is 19.4 Å². The summed E-state index contributed by atoms with van der Waals surface area (Å²) < 4.78 is 6.45. The van der Waals surface area contributed by atoms with E-state index in [1.807, 2.05) is 4.90 Å². The number of anilines is 2. The van der Waals surface area contributed by atoms with Crippen molar-refractivity contribution < 1.29 is 9.53 Å². The molecule has 29 heavy (non-hydrogen) atoms. The number of rotatable bonds is 4. The maximum Gasteiger partial charge on any atom is 0.275 e. The van der Waals surface area contributed by atoms with Crippen LogP contribution in [-0.2, 0) is 4.79 Å². The van der Waals surface area contributed by atoms with Crippen molar-refractivity contribution in [2.75, 3.05) is 30.4 Å². The number of nitrogens with zero attached hydrogens (tertiary/aromatic N) is 4. The standard InChI is InChI=1S/C19H20ClN5O3S/c1-11-8-16(26)25-18(21-11)29-19(23-25)24-7-3-4-12(10-24)17(27)22-13-5-6-15(28-2)14(20)9-13/h5-6,8-9,12H,3-4,7,10H2,1-2H3,(H,22,27)/t12-/m0/s1. The fourth-order valence-electron chi connectivity index (χ4n) is 3.39. The third-order valence-electron chi connectivity index (χ3n) is 4.84. The number of ether oxygens (including phenoxy) is 1. The molecule has 0 spiro atoms. The van der Waals surface area contributed by atoms with Crippen molar-refractivity contribution in [3.63, 3.8) is 0 Å². The smallest absolute Gasteiger partial charge is 0.275 e. The van der Waals surface area contributed by atoms with Crippen LogP contribution < -0.4 is 20.5 Å². The zero-order chi connectivity index (χ0) is 20.5. The average Bonchev–Trinajstić information content (AvgIpc) is 3.13. The Morgan fingerprint density at radius 3 is 2.97 bits per heavy atom. The van der Waals surface area contributed by atoms with Gasteiger partial charge in [-0.15, -0.1) is 5.10 Å². The number of aromatic nitrogens is 3. The van der Waals surface area contributed by atoms with Crippen molar-refractivity contribution in [2.24, 2.45) is 5.92 Å². The molecular weight excluding hydrogens is 414 g/mol. The lowest BCUT2D eigenvalue weighted by molar-refractivity contribution is -0.120. The summed E-state index contributed by atoms with van der Waals surface area (Å²) in [6.45, 7) is 3.10. The van der Waals surface area contributed by atoms with Gasteiger partial charge in [-0.25, -0.2) is 4.98 Å². The van der Waals surface area contributed by atoms with Gasteiger partial charge in [-0.05, 0) is 38.0 Å². The highest BCUT2D eigenvalue weighted by molar-refractivity contribution is 7.20. The lowest BCUT2D eigenvalue weighted by Gasteiger charge is -2.31. The van der Waals surface area contributed by atoms with Crippen molar-refractivity contribution >= 4 is 44.6 Å². The number of aryl methyl sites for hydroxylation is 1. The molecule has 0 aliphatic carbocycles. The highest BCUT2D eigenvalue weighted by Crippen LogP contribution is 2.29. The molecule has 0 bridgehead atoms. The van der Waals surface area contributed by atoms with Crippen LogP contribution >= 0.6 is 22.9 Å². The SMILES string of the molecule is COc1ccc(NC(=O)[C@H]2CCCN(c3nn4c(=O)cc(C)nc4s3)C2)cc1Cl. The van der Waals surface area contributed by atoms with Gasteiger partial charge in [-0.1, -0.05) is 22.9 Å². The molecule has 8 nitrogen and oxygen atoms in total. The van der Waals surface area contributed by atoms with E-state index in [1.54, 1.807) is 32.2 Å². The van der Waals surface area contributed by atoms with E-state index in [-0.39, 0.29) is 17.4 Å². The van der Waals surface area contributed by atoms with Gasteiger partial charge >= 0.3 is 0 Å². The third-order valence-corrected chi connectivity index (χ3v) is 6.11. The Hall–Kier alpha value is -2.65.